The van der Waals surface area contributed by atoms with Gasteiger partial charge < -0.3 is 15.1 Å². The van der Waals surface area contributed by atoms with Crippen LogP contribution in [0.3, 0.4) is 0 Å². The molecule has 1 amide bonds. The van der Waals surface area contributed by atoms with Gasteiger partial charge in [-0.15, -0.1) is 0 Å². The van der Waals surface area contributed by atoms with Crippen LogP contribution < -0.4 is 0 Å². The number of amides is 1. The predicted octanol–water partition coefficient (Wildman–Crippen LogP) is 1.50. The van der Waals surface area contributed by atoms with Crippen molar-refractivity contribution < 1.29 is 19.8 Å². The first-order chi connectivity index (χ1) is 8.64. The van der Waals surface area contributed by atoms with Crippen LogP contribution in [0, 0.1) is 11.3 Å². The molecule has 1 aliphatic heterocycles. The van der Waals surface area contributed by atoms with E-state index in [4.69, 9.17) is 0 Å². The number of nitrogens with zero attached hydrogens (tertiary/aromatic N) is 1. The summed E-state index contributed by atoms with van der Waals surface area (Å²) >= 11 is 0. The van der Waals surface area contributed by atoms with Crippen molar-refractivity contribution in [2.75, 3.05) is 6.54 Å². The Labute approximate surface area is 114 Å². The second-order valence-electron chi connectivity index (χ2n) is 6.55. The zero-order valence-corrected chi connectivity index (χ0v) is 12.2. The molecule has 0 aromatic heterocycles. The number of carboxylic acid groups (broad SMARTS) is 1. The maximum atomic E-state index is 12.5. The van der Waals surface area contributed by atoms with Crippen molar-refractivity contribution in [3.8, 4) is 0 Å². The molecule has 2 N–H and O–H groups in total. The molecule has 110 valence electrons. The number of carbonyl (C=O) groups is 2. The van der Waals surface area contributed by atoms with Gasteiger partial charge in [0.25, 0.3) is 0 Å². The van der Waals surface area contributed by atoms with Crippen LogP contribution in [0.2, 0.25) is 0 Å². The minimum atomic E-state index is -1.07. The maximum Gasteiger partial charge on any atom is 0.316 e. The van der Waals surface area contributed by atoms with Crippen molar-refractivity contribution in [2.45, 2.75) is 59.1 Å². The number of likely N-dealkylation sites (tertiary alicyclic amines) is 1. The fourth-order valence-electron chi connectivity index (χ4n) is 2.78. The number of aliphatic carboxylic acids is 1. The summed E-state index contributed by atoms with van der Waals surface area (Å²) in [6, 6.07) is -0.0308. The van der Waals surface area contributed by atoms with Gasteiger partial charge >= 0.3 is 5.97 Å². The average Bonchev–Trinajstić information content (AvgIpc) is 2.61. The second kappa shape index (κ2) is 5.90. The molecule has 1 rings (SSSR count). The summed E-state index contributed by atoms with van der Waals surface area (Å²) < 4.78 is 0. The summed E-state index contributed by atoms with van der Waals surface area (Å²) in [7, 11) is 0. The lowest BCUT2D eigenvalue weighted by Gasteiger charge is -2.33. The lowest BCUT2D eigenvalue weighted by molar-refractivity contribution is -0.156. The fourth-order valence-corrected chi connectivity index (χ4v) is 2.78. The molecule has 0 aliphatic carbocycles. The van der Waals surface area contributed by atoms with Crippen LogP contribution in [0.25, 0.3) is 0 Å². The number of rotatable bonds is 4. The Bertz CT molecular complexity index is 346. The second-order valence-corrected chi connectivity index (χ2v) is 6.55. The highest BCUT2D eigenvalue weighted by Gasteiger charge is 2.43. The van der Waals surface area contributed by atoms with Crippen LogP contribution in [0.5, 0.6) is 0 Å². The van der Waals surface area contributed by atoms with Gasteiger partial charge in [0.1, 0.15) is 5.92 Å². The van der Waals surface area contributed by atoms with Crippen molar-refractivity contribution in [3.05, 3.63) is 0 Å². The van der Waals surface area contributed by atoms with Crippen molar-refractivity contribution in [2.24, 2.45) is 11.3 Å². The SMILES string of the molecule is CC(O)CC1CCCN1C(=O)C(C(=O)O)C(C)(C)C. The molecular weight excluding hydrogens is 246 g/mol. The first-order valence-corrected chi connectivity index (χ1v) is 6.86. The van der Waals surface area contributed by atoms with Crippen LogP contribution in [0.1, 0.15) is 47.0 Å². The van der Waals surface area contributed by atoms with E-state index in [-0.39, 0.29) is 11.9 Å². The number of hydrogen-bond acceptors (Lipinski definition) is 3. The summed E-state index contributed by atoms with van der Waals surface area (Å²) in [4.78, 5) is 25.5. The molecule has 0 bridgehead atoms. The number of carboxylic acids is 1. The lowest BCUT2D eigenvalue weighted by Crippen LogP contribution is -2.47. The minimum Gasteiger partial charge on any atom is -0.481 e. The normalized spacial score (nSPS) is 23.2. The molecule has 1 aliphatic rings. The molecule has 1 saturated heterocycles. The van der Waals surface area contributed by atoms with Gasteiger partial charge in [-0.05, 0) is 31.6 Å². The molecule has 0 radical (unpaired) electrons. The molecule has 3 atom stereocenters. The summed E-state index contributed by atoms with van der Waals surface area (Å²) in [6.45, 7) is 7.59. The van der Waals surface area contributed by atoms with E-state index in [1.165, 1.54) is 0 Å². The van der Waals surface area contributed by atoms with Crippen molar-refractivity contribution in [3.63, 3.8) is 0 Å². The number of aliphatic hydroxyl groups excluding tert-OH is 1. The van der Waals surface area contributed by atoms with Gasteiger partial charge in [-0.25, -0.2) is 0 Å². The first kappa shape index (κ1) is 16.0. The molecule has 3 unspecified atom stereocenters. The Balaban J connectivity index is 2.87. The maximum absolute atomic E-state index is 12.5. The molecule has 19 heavy (non-hydrogen) atoms. The number of carbonyl (C=O) groups excluding carboxylic acids is 1. The average molecular weight is 271 g/mol. The van der Waals surface area contributed by atoms with Gasteiger partial charge in [0.05, 0.1) is 6.10 Å². The molecule has 0 aromatic carbocycles. The van der Waals surface area contributed by atoms with Crippen molar-refractivity contribution in [1.29, 1.82) is 0 Å². The Hall–Kier alpha value is -1.10. The topological polar surface area (TPSA) is 77.8 Å². The van der Waals surface area contributed by atoms with E-state index in [1.807, 2.05) is 0 Å². The number of hydrogen-bond donors (Lipinski definition) is 2. The van der Waals surface area contributed by atoms with E-state index in [0.29, 0.717) is 13.0 Å². The van der Waals surface area contributed by atoms with Crippen LogP contribution in [0.15, 0.2) is 0 Å². The molecule has 1 fully saturated rings. The smallest absolute Gasteiger partial charge is 0.316 e. The van der Waals surface area contributed by atoms with Crippen LogP contribution >= 0.6 is 0 Å². The summed E-state index contributed by atoms with van der Waals surface area (Å²) in [5, 5.41) is 18.8. The van der Waals surface area contributed by atoms with Gasteiger partial charge in [-0.1, -0.05) is 20.8 Å². The molecular formula is C14H25NO4. The Morgan fingerprint density at radius 2 is 1.95 bits per heavy atom. The van der Waals surface area contributed by atoms with Gasteiger partial charge in [0, 0.05) is 12.6 Å². The zero-order chi connectivity index (χ0) is 14.8. The van der Waals surface area contributed by atoms with Crippen LogP contribution in [-0.2, 0) is 9.59 Å². The van der Waals surface area contributed by atoms with E-state index >= 15 is 0 Å². The van der Waals surface area contributed by atoms with E-state index < -0.39 is 23.4 Å². The molecule has 0 aromatic rings. The Morgan fingerprint density at radius 1 is 1.37 bits per heavy atom. The Kier molecular flexibility index (Phi) is 4.96. The molecule has 1 heterocycles. The monoisotopic (exact) mass is 271 g/mol. The van der Waals surface area contributed by atoms with Gasteiger partial charge in [-0.2, -0.15) is 0 Å². The van der Waals surface area contributed by atoms with E-state index in [2.05, 4.69) is 0 Å². The zero-order valence-electron chi connectivity index (χ0n) is 12.2. The van der Waals surface area contributed by atoms with Crippen LogP contribution in [-0.4, -0.2) is 45.7 Å². The quantitative estimate of drug-likeness (QED) is 0.759. The highest BCUT2D eigenvalue weighted by molar-refractivity contribution is 5.98. The standard InChI is InChI=1S/C14H25NO4/c1-9(16)8-10-6-5-7-15(10)12(17)11(13(18)19)14(2,3)4/h9-11,16H,5-8H2,1-4H3,(H,18,19). The predicted molar refractivity (Wildman–Crippen MR) is 71.6 cm³/mol. The van der Waals surface area contributed by atoms with E-state index in [0.717, 1.165) is 12.8 Å². The van der Waals surface area contributed by atoms with Gasteiger partial charge in [0.15, 0.2) is 0 Å². The largest absolute Gasteiger partial charge is 0.481 e. The van der Waals surface area contributed by atoms with Crippen molar-refractivity contribution >= 4 is 11.9 Å². The third kappa shape index (κ3) is 3.93. The fraction of sp³-hybridized carbons (Fsp3) is 0.857. The van der Waals surface area contributed by atoms with Crippen LogP contribution in [0.4, 0.5) is 0 Å². The van der Waals surface area contributed by atoms with E-state index in [9.17, 15) is 19.8 Å². The van der Waals surface area contributed by atoms with Crippen molar-refractivity contribution in [1.82, 2.24) is 4.90 Å². The van der Waals surface area contributed by atoms with Gasteiger partial charge in [0.2, 0.25) is 5.91 Å². The summed E-state index contributed by atoms with van der Waals surface area (Å²) in [5.74, 6) is -2.41. The van der Waals surface area contributed by atoms with E-state index in [1.54, 1.807) is 32.6 Å². The first-order valence-electron chi connectivity index (χ1n) is 6.86. The summed E-state index contributed by atoms with van der Waals surface area (Å²) in [5.41, 5.74) is -0.610. The molecule has 0 saturated carbocycles. The Morgan fingerprint density at radius 3 is 2.37 bits per heavy atom. The lowest BCUT2D eigenvalue weighted by atomic mass is 9.79. The molecule has 5 heteroatoms. The molecule has 5 nitrogen and oxygen atoms in total. The highest BCUT2D eigenvalue weighted by atomic mass is 16.4. The summed E-state index contributed by atoms with van der Waals surface area (Å²) in [6.07, 6.45) is 1.76. The third-order valence-electron chi connectivity index (χ3n) is 3.63. The third-order valence-corrected chi connectivity index (χ3v) is 3.63. The number of aliphatic hydroxyl groups is 1. The highest BCUT2D eigenvalue weighted by Crippen LogP contribution is 2.31. The minimum absolute atomic E-state index is 0.0308. The molecule has 0 spiro atoms. The van der Waals surface area contributed by atoms with Gasteiger partial charge in [-0.3, -0.25) is 9.59 Å².